The molecule has 0 aliphatic carbocycles. The zero-order chi connectivity index (χ0) is 20.9. The van der Waals surface area contributed by atoms with Gasteiger partial charge in [-0.05, 0) is 45.6 Å². The molecular weight excluding hydrogens is 364 g/mol. The first-order valence-corrected chi connectivity index (χ1v) is 10.3. The zero-order valence-electron chi connectivity index (χ0n) is 17.5. The van der Waals surface area contributed by atoms with Crippen LogP contribution in [0.3, 0.4) is 0 Å². The molecule has 1 saturated heterocycles. The number of nitrogens with zero attached hydrogens (tertiary/aromatic N) is 3. The first-order valence-electron chi connectivity index (χ1n) is 10.3. The summed E-state index contributed by atoms with van der Waals surface area (Å²) in [5.74, 6) is 0.0332. The average molecular weight is 395 g/mol. The number of hydrogen-bond donors (Lipinski definition) is 1. The summed E-state index contributed by atoms with van der Waals surface area (Å²) in [5, 5.41) is 2.93. The topological polar surface area (TPSA) is 75.2 Å². The Kier molecular flexibility index (Phi) is 6.62. The number of nitrogens with one attached hydrogen (secondary N) is 1. The van der Waals surface area contributed by atoms with Crippen molar-refractivity contribution in [2.45, 2.75) is 57.9 Å². The number of piperidine rings is 1. The number of carbonyl (C=O) groups is 2. The molecule has 1 atom stereocenters. The van der Waals surface area contributed by atoms with Crippen LogP contribution < -0.4 is 5.32 Å². The Labute approximate surface area is 172 Å². The Bertz CT molecular complexity index is 851. The highest BCUT2D eigenvalue weighted by molar-refractivity contribution is 5.90. The normalized spacial score (nSPS) is 17.1. The summed E-state index contributed by atoms with van der Waals surface area (Å²) in [5.41, 5.74) is 2.00. The van der Waals surface area contributed by atoms with Gasteiger partial charge >= 0.3 is 0 Å². The molecule has 1 aromatic carbocycles. The second-order valence-electron chi connectivity index (χ2n) is 8.33. The van der Waals surface area contributed by atoms with E-state index in [1.807, 2.05) is 42.2 Å². The van der Waals surface area contributed by atoms with Crippen molar-refractivity contribution >= 4 is 11.8 Å². The molecule has 0 radical (unpaired) electrons. The summed E-state index contributed by atoms with van der Waals surface area (Å²) >= 11 is 0. The van der Waals surface area contributed by atoms with E-state index in [1.54, 1.807) is 26.2 Å². The van der Waals surface area contributed by atoms with Gasteiger partial charge in [-0.25, -0.2) is 0 Å². The molecule has 1 fully saturated rings. The first-order chi connectivity index (χ1) is 13.8. The maximum absolute atomic E-state index is 13.1. The van der Waals surface area contributed by atoms with Crippen molar-refractivity contribution in [2.24, 2.45) is 0 Å². The summed E-state index contributed by atoms with van der Waals surface area (Å²) in [6.07, 6.45) is 6.47. The quantitative estimate of drug-likeness (QED) is 0.817. The molecule has 1 N–H and O–H groups in total. The minimum Gasteiger partial charge on any atom is -0.342 e. The van der Waals surface area contributed by atoms with E-state index in [9.17, 15) is 9.59 Å². The van der Waals surface area contributed by atoms with Crippen LogP contribution in [-0.2, 0) is 16.0 Å². The van der Waals surface area contributed by atoms with Crippen molar-refractivity contribution < 1.29 is 9.59 Å². The summed E-state index contributed by atoms with van der Waals surface area (Å²) in [4.78, 5) is 36.3. The van der Waals surface area contributed by atoms with Crippen LogP contribution in [0, 0.1) is 6.92 Å². The predicted octanol–water partition coefficient (Wildman–Crippen LogP) is 3.02. The van der Waals surface area contributed by atoms with E-state index in [0.717, 1.165) is 29.8 Å². The number of hydrogen-bond acceptors (Lipinski definition) is 4. The molecule has 2 heterocycles. The van der Waals surface area contributed by atoms with Crippen molar-refractivity contribution in [2.75, 3.05) is 13.1 Å². The van der Waals surface area contributed by atoms with Gasteiger partial charge in [-0.2, -0.15) is 0 Å². The van der Waals surface area contributed by atoms with E-state index in [1.165, 1.54) is 0 Å². The minimum atomic E-state index is -0.937. The molecule has 29 heavy (non-hydrogen) atoms. The van der Waals surface area contributed by atoms with E-state index < -0.39 is 5.54 Å². The van der Waals surface area contributed by atoms with Crippen molar-refractivity contribution in [3.8, 4) is 0 Å². The van der Waals surface area contributed by atoms with Gasteiger partial charge in [0, 0.05) is 37.8 Å². The van der Waals surface area contributed by atoms with Crippen molar-refractivity contribution in [1.82, 2.24) is 20.2 Å². The highest BCUT2D eigenvalue weighted by atomic mass is 16.2. The number of rotatable bonds is 6. The lowest BCUT2D eigenvalue weighted by Gasteiger charge is -2.37. The molecule has 6 nitrogen and oxygen atoms in total. The van der Waals surface area contributed by atoms with Gasteiger partial charge in [0.05, 0.1) is 11.4 Å². The molecule has 3 rings (SSSR count). The highest BCUT2D eigenvalue weighted by Gasteiger charge is 2.36. The first kappa shape index (κ1) is 21.0. The lowest BCUT2D eigenvalue weighted by molar-refractivity contribution is -0.141. The number of benzene rings is 1. The SMILES string of the molecule is Cc1cncc(C2CCCN(C(=O)C(C)(C)NC(=O)CCc3ccccc3)C2)n1. The maximum atomic E-state index is 13.1. The molecule has 0 spiro atoms. The van der Waals surface area contributed by atoms with Crippen molar-refractivity contribution in [3.05, 3.63) is 59.7 Å². The maximum Gasteiger partial charge on any atom is 0.247 e. The minimum absolute atomic E-state index is 0.0455. The third-order valence-corrected chi connectivity index (χ3v) is 5.37. The van der Waals surface area contributed by atoms with Gasteiger partial charge < -0.3 is 10.2 Å². The Balaban J connectivity index is 1.58. The number of carbonyl (C=O) groups excluding carboxylic acids is 2. The van der Waals surface area contributed by atoms with Crippen LogP contribution in [0.4, 0.5) is 0 Å². The van der Waals surface area contributed by atoms with Gasteiger partial charge in [-0.3, -0.25) is 19.6 Å². The fourth-order valence-corrected chi connectivity index (χ4v) is 3.84. The molecule has 1 aliphatic rings. The van der Waals surface area contributed by atoms with Crippen LogP contribution in [0.25, 0.3) is 0 Å². The molecule has 0 bridgehead atoms. The van der Waals surface area contributed by atoms with Crippen molar-refractivity contribution in [1.29, 1.82) is 0 Å². The van der Waals surface area contributed by atoms with E-state index in [4.69, 9.17) is 0 Å². The van der Waals surface area contributed by atoms with Gasteiger partial charge in [-0.15, -0.1) is 0 Å². The third-order valence-electron chi connectivity index (χ3n) is 5.37. The van der Waals surface area contributed by atoms with Crippen LogP contribution in [0.1, 0.15) is 56.0 Å². The number of likely N-dealkylation sites (tertiary alicyclic amines) is 1. The molecule has 6 heteroatoms. The lowest BCUT2D eigenvalue weighted by atomic mass is 9.92. The van der Waals surface area contributed by atoms with Gasteiger partial charge in [0.2, 0.25) is 11.8 Å². The summed E-state index contributed by atoms with van der Waals surface area (Å²) < 4.78 is 0. The molecule has 2 aromatic rings. The zero-order valence-corrected chi connectivity index (χ0v) is 17.5. The van der Waals surface area contributed by atoms with Gasteiger partial charge in [-0.1, -0.05) is 30.3 Å². The molecule has 154 valence electrons. The summed E-state index contributed by atoms with van der Waals surface area (Å²) in [6, 6.07) is 9.90. The molecule has 2 amide bonds. The second-order valence-corrected chi connectivity index (χ2v) is 8.33. The molecule has 1 aliphatic heterocycles. The standard InChI is InChI=1S/C23H30N4O2/c1-17-14-24-15-20(25-17)19-10-7-13-27(16-19)22(29)23(2,3)26-21(28)12-11-18-8-5-4-6-9-18/h4-6,8-9,14-15,19H,7,10-13,16H2,1-3H3,(H,26,28). The van der Waals surface area contributed by atoms with Crippen LogP contribution in [0.15, 0.2) is 42.7 Å². The van der Waals surface area contributed by atoms with Crippen LogP contribution in [0.5, 0.6) is 0 Å². The van der Waals surface area contributed by atoms with Gasteiger partial charge in [0.15, 0.2) is 0 Å². The third kappa shape index (κ3) is 5.62. The van der Waals surface area contributed by atoms with E-state index in [2.05, 4.69) is 15.3 Å². The summed E-state index contributed by atoms with van der Waals surface area (Å²) in [6.45, 7) is 6.81. The number of aryl methyl sites for hydroxylation is 2. The molecule has 1 aromatic heterocycles. The Morgan fingerprint density at radius 2 is 1.97 bits per heavy atom. The highest BCUT2D eigenvalue weighted by Crippen LogP contribution is 2.26. The van der Waals surface area contributed by atoms with Crippen LogP contribution in [-0.4, -0.2) is 45.3 Å². The second kappa shape index (κ2) is 9.16. The van der Waals surface area contributed by atoms with Gasteiger partial charge in [0.25, 0.3) is 0 Å². The number of aromatic nitrogens is 2. The van der Waals surface area contributed by atoms with E-state index >= 15 is 0 Å². The fraction of sp³-hybridized carbons (Fsp3) is 0.478. The Morgan fingerprint density at radius 1 is 1.21 bits per heavy atom. The fourth-order valence-electron chi connectivity index (χ4n) is 3.84. The predicted molar refractivity (Wildman–Crippen MR) is 112 cm³/mol. The van der Waals surface area contributed by atoms with Crippen LogP contribution in [0.2, 0.25) is 0 Å². The van der Waals surface area contributed by atoms with Crippen LogP contribution >= 0.6 is 0 Å². The summed E-state index contributed by atoms with van der Waals surface area (Å²) in [7, 11) is 0. The molecular formula is C23H30N4O2. The number of amides is 2. The van der Waals surface area contributed by atoms with E-state index in [-0.39, 0.29) is 17.7 Å². The van der Waals surface area contributed by atoms with Gasteiger partial charge in [0.1, 0.15) is 5.54 Å². The molecule has 1 unspecified atom stereocenters. The van der Waals surface area contributed by atoms with Crippen molar-refractivity contribution in [3.63, 3.8) is 0 Å². The Morgan fingerprint density at radius 3 is 2.69 bits per heavy atom. The Hall–Kier alpha value is -2.76. The van der Waals surface area contributed by atoms with E-state index in [0.29, 0.717) is 25.9 Å². The smallest absolute Gasteiger partial charge is 0.247 e. The monoisotopic (exact) mass is 394 g/mol. The average Bonchev–Trinajstić information content (AvgIpc) is 2.72. The lowest BCUT2D eigenvalue weighted by Crippen LogP contribution is -2.57. The largest absolute Gasteiger partial charge is 0.342 e. The molecule has 0 saturated carbocycles.